The van der Waals surface area contributed by atoms with Crippen LogP contribution in [0.2, 0.25) is 0 Å². The van der Waals surface area contributed by atoms with Crippen LogP contribution in [-0.2, 0) is 19.0 Å². The number of rotatable bonds is 5. The largest absolute Gasteiger partial charge is 0.381 e. The molecule has 0 saturated carbocycles. The highest BCUT2D eigenvalue weighted by molar-refractivity contribution is 5.93. The Morgan fingerprint density at radius 3 is 2.07 bits per heavy atom. The number of aliphatic hydroxyl groups is 1. The maximum Gasteiger partial charge on any atom is 0.381 e. The van der Waals surface area contributed by atoms with Gasteiger partial charge in [0.15, 0.2) is 0 Å². The molecule has 0 aromatic rings. The normalized spacial score (nSPS) is 10.8. The van der Waals surface area contributed by atoms with E-state index in [1.807, 2.05) is 5.92 Å². The number of hydrogen-bond acceptors (Lipinski definition) is 5. The van der Waals surface area contributed by atoms with E-state index in [2.05, 4.69) is 0 Å². The standard InChI is InChI=1S/C8H13NO5/c1-5-7(11)9(6-10)8(12-2,13-3)14-4/h1,10H,6H2,2-4H3. The third kappa shape index (κ3) is 2.21. The Balaban J connectivity index is 4.95. The number of carbonyl (C=O) groups is 1. The lowest BCUT2D eigenvalue weighted by Gasteiger charge is -2.36. The van der Waals surface area contributed by atoms with Crippen molar-refractivity contribution in [2.45, 2.75) is 6.10 Å². The first-order chi connectivity index (χ1) is 6.61. The molecule has 1 amide bonds. The SMILES string of the molecule is C#CC(=O)N(CO)C(OC)(OC)OC. The van der Waals surface area contributed by atoms with E-state index in [1.54, 1.807) is 0 Å². The van der Waals surface area contributed by atoms with Gasteiger partial charge in [-0.15, -0.1) is 6.42 Å². The molecule has 0 rings (SSSR count). The van der Waals surface area contributed by atoms with Crippen LogP contribution < -0.4 is 0 Å². The van der Waals surface area contributed by atoms with E-state index in [0.29, 0.717) is 4.90 Å². The van der Waals surface area contributed by atoms with Crippen molar-refractivity contribution in [2.75, 3.05) is 28.1 Å². The van der Waals surface area contributed by atoms with Crippen molar-refractivity contribution in [3.63, 3.8) is 0 Å². The van der Waals surface area contributed by atoms with Gasteiger partial charge in [-0.2, -0.15) is 0 Å². The minimum Gasteiger partial charge on any atom is -0.376 e. The summed E-state index contributed by atoms with van der Waals surface area (Å²) in [7, 11) is 3.75. The van der Waals surface area contributed by atoms with Crippen LogP contribution in [-0.4, -0.2) is 50.1 Å². The summed E-state index contributed by atoms with van der Waals surface area (Å²) >= 11 is 0. The monoisotopic (exact) mass is 203 g/mol. The van der Waals surface area contributed by atoms with Crippen LogP contribution >= 0.6 is 0 Å². The van der Waals surface area contributed by atoms with Crippen LogP contribution in [0.25, 0.3) is 0 Å². The van der Waals surface area contributed by atoms with E-state index in [0.717, 1.165) is 0 Å². The number of amides is 1. The van der Waals surface area contributed by atoms with Crippen molar-refractivity contribution >= 4 is 5.91 Å². The fourth-order valence-electron chi connectivity index (χ4n) is 0.934. The maximum absolute atomic E-state index is 11.2. The number of methoxy groups -OCH3 is 3. The molecule has 0 aliphatic rings. The highest BCUT2D eigenvalue weighted by Gasteiger charge is 2.40. The zero-order valence-corrected chi connectivity index (χ0v) is 8.31. The van der Waals surface area contributed by atoms with Gasteiger partial charge in [0.1, 0.15) is 6.73 Å². The number of carbonyl (C=O) groups excluding carboxylic acids is 1. The zero-order chi connectivity index (χ0) is 11.2. The lowest BCUT2D eigenvalue weighted by atomic mass is 10.5. The molecule has 14 heavy (non-hydrogen) atoms. The van der Waals surface area contributed by atoms with Crippen LogP contribution in [0.4, 0.5) is 0 Å². The summed E-state index contributed by atoms with van der Waals surface area (Å²) in [5.41, 5.74) is 0. The first kappa shape index (κ1) is 12.9. The Bertz CT molecular complexity index is 222. The van der Waals surface area contributed by atoms with Crippen LogP contribution in [0.1, 0.15) is 0 Å². The minimum absolute atomic E-state index is 0.682. The van der Waals surface area contributed by atoms with Crippen molar-refractivity contribution in [3.8, 4) is 12.3 Å². The number of terminal acetylenes is 1. The lowest BCUT2D eigenvalue weighted by Crippen LogP contribution is -2.56. The molecule has 0 radical (unpaired) electrons. The molecule has 0 spiro atoms. The Morgan fingerprint density at radius 2 is 1.86 bits per heavy atom. The number of nitrogens with zero attached hydrogens (tertiary/aromatic N) is 1. The van der Waals surface area contributed by atoms with Gasteiger partial charge in [0.2, 0.25) is 0 Å². The van der Waals surface area contributed by atoms with Gasteiger partial charge >= 0.3 is 12.0 Å². The Kier molecular flexibility index (Phi) is 5.12. The van der Waals surface area contributed by atoms with Crippen molar-refractivity contribution in [1.29, 1.82) is 0 Å². The van der Waals surface area contributed by atoms with E-state index in [-0.39, 0.29) is 0 Å². The smallest absolute Gasteiger partial charge is 0.376 e. The summed E-state index contributed by atoms with van der Waals surface area (Å²) in [4.78, 5) is 11.9. The van der Waals surface area contributed by atoms with Gasteiger partial charge in [-0.25, -0.2) is 4.90 Å². The first-order valence-electron chi connectivity index (χ1n) is 3.66. The fourth-order valence-corrected chi connectivity index (χ4v) is 0.934. The highest BCUT2D eigenvalue weighted by Crippen LogP contribution is 2.17. The second-order valence-electron chi connectivity index (χ2n) is 2.16. The van der Waals surface area contributed by atoms with Gasteiger partial charge in [-0.05, 0) is 5.92 Å². The molecule has 0 aliphatic carbocycles. The van der Waals surface area contributed by atoms with Gasteiger partial charge in [0.25, 0.3) is 0 Å². The Morgan fingerprint density at radius 1 is 1.43 bits per heavy atom. The molecular formula is C8H13NO5. The molecule has 0 saturated heterocycles. The van der Waals surface area contributed by atoms with Gasteiger partial charge in [-0.1, -0.05) is 0 Å². The quantitative estimate of drug-likeness (QED) is 0.456. The molecule has 0 bridgehead atoms. The van der Waals surface area contributed by atoms with Crippen molar-refractivity contribution in [3.05, 3.63) is 0 Å². The summed E-state index contributed by atoms with van der Waals surface area (Å²) in [6, 6.07) is 0. The Hall–Kier alpha value is -1.13. The first-order valence-corrected chi connectivity index (χ1v) is 3.66. The second kappa shape index (κ2) is 5.57. The van der Waals surface area contributed by atoms with Gasteiger partial charge in [0, 0.05) is 21.3 Å². The summed E-state index contributed by atoms with van der Waals surface area (Å²) < 4.78 is 14.5. The predicted molar refractivity (Wildman–Crippen MR) is 46.5 cm³/mol. The van der Waals surface area contributed by atoms with E-state index in [4.69, 9.17) is 25.7 Å². The van der Waals surface area contributed by atoms with Crippen molar-refractivity contribution in [2.24, 2.45) is 0 Å². The molecule has 1 N–H and O–H groups in total. The Labute approximate surface area is 82.3 Å². The predicted octanol–water partition coefficient (Wildman–Crippen LogP) is -1.05. The van der Waals surface area contributed by atoms with Crippen LogP contribution in [0.15, 0.2) is 0 Å². The average Bonchev–Trinajstić information content (AvgIpc) is 2.25. The lowest BCUT2D eigenvalue weighted by molar-refractivity contribution is -0.418. The van der Waals surface area contributed by atoms with Crippen LogP contribution in [0.3, 0.4) is 0 Å². The maximum atomic E-state index is 11.2. The van der Waals surface area contributed by atoms with E-state index >= 15 is 0 Å². The van der Waals surface area contributed by atoms with Crippen LogP contribution in [0.5, 0.6) is 0 Å². The van der Waals surface area contributed by atoms with E-state index < -0.39 is 18.7 Å². The van der Waals surface area contributed by atoms with Gasteiger partial charge in [0.05, 0.1) is 0 Å². The molecule has 0 aromatic carbocycles. The number of hydrogen-bond donors (Lipinski definition) is 1. The second-order valence-corrected chi connectivity index (χ2v) is 2.16. The van der Waals surface area contributed by atoms with E-state index in [9.17, 15) is 4.79 Å². The zero-order valence-electron chi connectivity index (χ0n) is 8.31. The number of aliphatic hydroxyl groups excluding tert-OH is 1. The molecular weight excluding hydrogens is 190 g/mol. The van der Waals surface area contributed by atoms with Gasteiger partial charge in [-0.3, -0.25) is 4.79 Å². The highest BCUT2D eigenvalue weighted by atomic mass is 16.9. The summed E-state index contributed by atoms with van der Waals surface area (Å²) in [6.07, 6.45) is 3.10. The van der Waals surface area contributed by atoms with Crippen molar-refractivity contribution < 1.29 is 24.1 Å². The van der Waals surface area contributed by atoms with Gasteiger partial charge < -0.3 is 19.3 Å². The molecule has 6 heteroatoms. The fraction of sp³-hybridized carbons (Fsp3) is 0.625. The topological polar surface area (TPSA) is 68.2 Å². The number of ether oxygens (including phenoxy) is 3. The minimum atomic E-state index is -1.79. The summed E-state index contributed by atoms with van der Waals surface area (Å²) in [6.45, 7) is -0.682. The molecule has 0 aliphatic heterocycles. The molecule has 0 fully saturated rings. The summed E-state index contributed by atoms with van der Waals surface area (Å²) in [5, 5.41) is 8.93. The molecule has 80 valence electrons. The summed E-state index contributed by atoms with van der Waals surface area (Å²) in [5.74, 6) is 1.00. The molecule has 0 atom stereocenters. The third-order valence-electron chi connectivity index (χ3n) is 1.61. The molecule has 6 nitrogen and oxygen atoms in total. The molecule has 0 heterocycles. The molecule has 0 aromatic heterocycles. The van der Waals surface area contributed by atoms with Crippen LogP contribution in [0, 0.1) is 12.3 Å². The molecule has 0 unspecified atom stereocenters. The van der Waals surface area contributed by atoms with E-state index in [1.165, 1.54) is 21.3 Å². The third-order valence-corrected chi connectivity index (χ3v) is 1.61. The average molecular weight is 203 g/mol. The van der Waals surface area contributed by atoms with Crippen molar-refractivity contribution in [1.82, 2.24) is 4.90 Å².